The molecule has 4 aliphatic rings. The number of carbonyl (C=O) groups excluding carboxylic acids is 2. The number of fused-ring (bicyclic) bond motifs is 5. The molecule has 0 spiro atoms. The van der Waals surface area contributed by atoms with Gasteiger partial charge >= 0.3 is 5.69 Å². The highest BCUT2D eigenvalue weighted by Crippen LogP contribution is 2.53. The largest absolute Gasteiger partial charge is 0.369 e. The predicted molar refractivity (Wildman–Crippen MR) is 108 cm³/mol. The number of hydrogen-bond donors (Lipinski definition) is 2. The van der Waals surface area contributed by atoms with Crippen LogP contribution in [0.5, 0.6) is 0 Å². The number of nitrogens with one attached hydrogen (secondary N) is 2. The lowest BCUT2D eigenvalue weighted by Crippen LogP contribution is -2.44. The number of amides is 2. The number of aromatic nitrogens is 2. The molecule has 6 rings (SSSR count). The Hall–Kier alpha value is -2.61. The molecule has 0 radical (unpaired) electrons. The number of aryl methyl sites for hydroxylation is 1. The molecule has 3 aliphatic heterocycles. The highest BCUT2D eigenvalue weighted by Gasteiger charge is 2.56. The molecule has 1 saturated carbocycles. The van der Waals surface area contributed by atoms with Crippen molar-refractivity contribution in [3.8, 4) is 0 Å². The van der Waals surface area contributed by atoms with Crippen LogP contribution in [-0.4, -0.2) is 47.1 Å². The highest BCUT2D eigenvalue weighted by molar-refractivity contribution is 6.00. The van der Waals surface area contributed by atoms with Crippen LogP contribution in [-0.2, 0) is 16.6 Å². The third-order valence-electron chi connectivity index (χ3n) is 7.77. The molecule has 1 aromatic heterocycles. The van der Waals surface area contributed by atoms with Gasteiger partial charge in [0.15, 0.2) is 0 Å². The lowest BCUT2D eigenvalue weighted by Gasteiger charge is -2.43. The van der Waals surface area contributed by atoms with Gasteiger partial charge in [-0.25, -0.2) is 4.79 Å². The van der Waals surface area contributed by atoms with Crippen molar-refractivity contribution in [2.45, 2.75) is 18.9 Å². The number of nitrogens with zero attached hydrogens (tertiary/aromatic N) is 3. The van der Waals surface area contributed by atoms with E-state index in [-0.39, 0.29) is 23.9 Å². The standard InChI is InChI=1S/C21H25N5O3/c1-24-19-15(25-9-13-11-7-22-8-12(11)14(13)10-25)3-2-4-16(19)26(21(24)29)17-5-6-18(27)23-20(17)28/h2-4,11-14,17,22H,5-10H2,1H3,(H,23,27,28)/t11-,12+,13+,14-,17?. The number of imidazole rings is 1. The summed E-state index contributed by atoms with van der Waals surface area (Å²) in [5.41, 5.74) is 2.52. The van der Waals surface area contributed by atoms with E-state index >= 15 is 0 Å². The minimum atomic E-state index is -0.640. The topological polar surface area (TPSA) is 88.4 Å². The number of hydrogen-bond acceptors (Lipinski definition) is 5. The Morgan fingerprint density at radius 1 is 1.00 bits per heavy atom. The van der Waals surface area contributed by atoms with E-state index in [4.69, 9.17) is 0 Å². The average Bonchev–Trinajstić information content (AvgIpc) is 3.35. The first-order valence-electron chi connectivity index (χ1n) is 10.5. The van der Waals surface area contributed by atoms with Gasteiger partial charge in [-0.15, -0.1) is 0 Å². The first kappa shape index (κ1) is 17.3. The molecule has 8 heteroatoms. The van der Waals surface area contributed by atoms with Crippen molar-refractivity contribution in [3.05, 3.63) is 28.7 Å². The average molecular weight is 395 g/mol. The van der Waals surface area contributed by atoms with Crippen LogP contribution < -0.4 is 21.2 Å². The fourth-order valence-corrected chi connectivity index (χ4v) is 6.37. The van der Waals surface area contributed by atoms with Crippen molar-refractivity contribution in [2.75, 3.05) is 31.1 Å². The molecule has 29 heavy (non-hydrogen) atoms. The Morgan fingerprint density at radius 2 is 1.72 bits per heavy atom. The summed E-state index contributed by atoms with van der Waals surface area (Å²) in [7, 11) is 1.78. The van der Waals surface area contributed by atoms with Gasteiger partial charge in [-0.05, 0) is 55.3 Å². The van der Waals surface area contributed by atoms with Crippen LogP contribution in [0.25, 0.3) is 11.0 Å². The first-order chi connectivity index (χ1) is 14.0. The normalized spacial score (nSPS) is 33.6. The van der Waals surface area contributed by atoms with Gasteiger partial charge in [0.2, 0.25) is 11.8 Å². The zero-order chi connectivity index (χ0) is 19.9. The number of benzene rings is 1. The molecule has 4 heterocycles. The van der Waals surface area contributed by atoms with Gasteiger partial charge in [-0.3, -0.25) is 24.0 Å². The van der Waals surface area contributed by atoms with Crippen LogP contribution in [0.4, 0.5) is 5.69 Å². The molecular weight excluding hydrogens is 370 g/mol. The minimum Gasteiger partial charge on any atom is -0.369 e. The number of piperidine rings is 1. The van der Waals surface area contributed by atoms with Gasteiger partial charge in [0, 0.05) is 26.6 Å². The Labute approximate surface area is 167 Å². The lowest BCUT2D eigenvalue weighted by atomic mass is 9.60. The Kier molecular flexibility index (Phi) is 3.54. The van der Waals surface area contributed by atoms with Crippen molar-refractivity contribution in [3.63, 3.8) is 0 Å². The maximum atomic E-state index is 13.1. The molecule has 152 valence electrons. The van der Waals surface area contributed by atoms with E-state index in [0.717, 1.165) is 66.6 Å². The summed E-state index contributed by atoms with van der Waals surface area (Å²) in [6, 6.07) is 5.34. The summed E-state index contributed by atoms with van der Waals surface area (Å²) in [6.07, 6.45) is 0.614. The number of imide groups is 1. The Bertz CT molecular complexity index is 1080. The fraction of sp³-hybridized carbons (Fsp3) is 0.571. The van der Waals surface area contributed by atoms with Gasteiger partial charge in [-0.2, -0.15) is 0 Å². The summed E-state index contributed by atoms with van der Waals surface area (Å²) in [5, 5.41) is 5.91. The van der Waals surface area contributed by atoms with Crippen LogP contribution in [0.2, 0.25) is 0 Å². The predicted octanol–water partition coefficient (Wildman–Crippen LogP) is 0.219. The van der Waals surface area contributed by atoms with E-state index < -0.39 is 6.04 Å². The monoisotopic (exact) mass is 395 g/mol. The van der Waals surface area contributed by atoms with Crippen molar-refractivity contribution >= 4 is 28.5 Å². The molecule has 1 aromatic carbocycles. The van der Waals surface area contributed by atoms with Crippen molar-refractivity contribution < 1.29 is 9.59 Å². The summed E-state index contributed by atoms with van der Waals surface area (Å²) in [6.45, 7) is 4.33. The van der Waals surface area contributed by atoms with E-state index in [1.54, 1.807) is 16.2 Å². The Balaban J connectivity index is 1.42. The SMILES string of the molecule is Cn1c(=O)n(C2CCC(=O)NC2=O)c2cccc(N3C[C@@H]4[C@H]5CNC[C@H]5[C@@H]4C3)c21. The molecule has 2 aromatic rings. The molecule has 5 atom stereocenters. The number of rotatable bonds is 2. The molecule has 1 aliphatic carbocycles. The second-order valence-corrected chi connectivity index (χ2v) is 9.04. The summed E-state index contributed by atoms with van der Waals surface area (Å²) >= 11 is 0. The molecule has 2 amide bonds. The lowest BCUT2D eigenvalue weighted by molar-refractivity contribution is -0.135. The third-order valence-corrected chi connectivity index (χ3v) is 7.77. The zero-order valence-electron chi connectivity index (χ0n) is 16.4. The molecule has 1 unspecified atom stereocenters. The third kappa shape index (κ3) is 2.26. The zero-order valence-corrected chi connectivity index (χ0v) is 16.4. The maximum Gasteiger partial charge on any atom is 0.329 e. The van der Waals surface area contributed by atoms with Crippen molar-refractivity contribution in [2.24, 2.45) is 30.7 Å². The number of para-hydroxylation sites is 1. The van der Waals surface area contributed by atoms with E-state index in [9.17, 15) is 14.4 Å². The van der Waals surface area contributed by atoms with Crippen LogP contribution in [0.1, 0.15) is 18.9 Å². The highest BCUT2D eigenvalue weighted by atomic mass is 16.2. The van der Waals surface area contributed by atoms with Gasteiger partial charge in [0.05, 0.1) is 16.7 Å². The second-order valence-electron chi connectivity index (χ2n) is 9.04. The van der Waals surface area contributed by atoms with E-state index in [0.29, 0.717) is 6.42 Å². The fourth-order valence-electron chi connectivity index (χ4n) is 6.37. The van der Waals surface area contributed by atoms with Gasteiger partial charge in [-0.1, -0.05) is 6.07 Å². The molecular formula is C21H25N5O3. The van der Waals surface area contributed by atoms with Gasteiger partial charge in [0.25, 0.3) is 0 Å². The number of carbonyl (C=O) groups is 2. The van der Waals surface area contributed by atoms with Gasteiger partial charge < -0.3 is 10.2 Å². The van der Waals surface area contributed by atoms with Crippen molar-refractivity contribution in [1.29, 1.82) is 0 Å². The van der Waals surface area contributed by atoms with Crippen LogP contribution in [0.3, 0.4) is 0 Å². The molecule has 3 saturated heterocycles. The molecule has 8 nitrogen and oxygen atoms in total. The number of anilines is 1. The van der Waals surface area contributed by atoms with Crippen LogP contribution >= 0.6 is 0 Å². The van der Waals surface area contributed by atoms with Crippen LogP contribution in [0, 0.1) is 23.7 Å². The van der Waals surface area contributed by atoms with Crippen molar-refractivity contribution in [1.82, 2.24) is 19.8 Å². The summed E-state index contributed by atoms with van der Waals surface area (Å²) in [4.78, 5) is 39.5. The minimum absolute atomic E-state index is 0.204. The van der Waals surface area contributed by atoms with E-state index in [1.807, 2.05) is 12.1 Å². The van der Waals surface area contributed by atoms with Gasteiger partial charge in [0.1, 0.15) is 6.04 Å². The Morgan fingerprint density at radius 3 is 2.41 bits per heavy atom. The maximum absolute atomic E-state index is 13.1. The molecule has 2 N–H and O–H groups in total. The molecule has 0 bridgehead atoms. The smallest absolute Gasteiger partial charge is 0.329 e. The molecule has 4 fully saturated rings. The van der Waals surface area contributed by atoms with Crippen LogP contribution in [0.15, 0.2) is 23.0 Å². The van der Waals surface area contributed by atoms with E-state index in [1.165, 1.54) is 0 Å². The first-order valence-corrected chi connectivity index (χ1v) is 10.5. The quantitative estimate of drug-likeness (QED) is 0.711. The summed E-state index contributed by atoms with van der Waals surface area (Å²) < 4.78 is 3.24. The summed E-state index contributed by atoms with van der Waals surface area (Å²) in [5.74, 6) is 2.40. The second kappa shape index (κ2) is 5.95. The van der Waals surface area contributed by atoms with E-state index in [2.05, 4.69) is 21.6 Å².